The average Bonchev–Trinajstić information content (AvgIpc) is 3.15. The van der Waals surface area contributed by atoms with Gasteiger partial charge in [-0.05, 0) is 31.0 Å². The second-order valence-electron chi connectivity index (χ2n) is 8.40. The molecule has 0 saturated heterocycles. The molecule has 2 aromatic carbocycles. The third kappa shape index (κ3) is 5.35. The van der Waals surface area contributed by atoms with Crippen LogP contribution in [0, 0.1) is 6.92 Å². The summed E-state index contributed by atoms with van der Waals surface area (Å²) in [4.78, 5) is 21.1. The second-order valence-corrected chi connectivity index (χ2v) is 8.40. The van der Waals surface area contributed by atoms with Crippen molar-refractivity contribution in [2.24, 2.45) is 0 Å². The van der Waals surface area contributed by atoms with E-state index in [4.69, 9.17) is 10.5 Å². The molecule has 2 aromatic heterocycles. The van der Waals surface area contributed by atoms with Gasteiger partial charge in [-0.25, -0.2) is 14.8 Å². The van der Waals surface area contributed by atoms with Gasteiger partial charge in [-0.15, -0.1) is 0 Å². The van der Waals surface area contributed by atoms with Gasteiger partial charge in [0, 0.05) is 31.6 Å². The number of hydrogen-bond donors (Lipinski definition) is 3. The molecule has 0 aliphatic heterocycles. The van der Waals surface area contributed by atoms with Gasteiger partial charge in [0.1, 0.15) is 17.9 Å². The minimum Gasteiger partial charge on any atom is -0.448 e. The number of benzene rings is 2. The Labute approximate surface area is 198 Å². The van der Waals surface area contributed by atoms with Crippen molar-refractivity contribution >= 4 is 33.8 Å². The maximum Gasteiger partial charge on any atom is 0.407 e. The Hall–Kier alpha value is -3.91. The molecule has 0 spiro atoms. The predicted octanol–water partition coefficient (Wildman–Crippen LogP) is 3.92. The molecule has 8 nitrogen and oxygen atoms in total. The van der Waals surface area contributed by atoms with Crippen LogP contribution >= 0.6 is 0 Å². The fourth-order valence-electron chi connectivity index (χ4n) is 3.85. The lowest BCUT2D eigenvalue weighted by molar-refractivity contribution is 0.146. The van der Waals surface area contributed by atoms with Crippen molar-refractivity contribution in [3.8, 4) is 0 Å². The van der Waals surface area contributed by atoms with Gasteiger partial charge in [-0.2, -0.15) is 0 Å². The lowest BCUT2D eigenvalue weighted by atomic mass is 10.1. The van der Waals surface area contributed by atoms with Crippen LogP contribution in [0.25, 0.3) is 21.9 Å². The molecule has 4 N–H and O–H groups in total. The number of alkyl carbamates (subject to hydrolysis) is 1. The topological polar surface area (TPSA) is 107 Å². The van der Waals surface area contributed by atoms with Crippen molar-refractivity contribution in [1.82, 2.24) is 25.2 Å². The van der Waals surface area contributed by atoms with Gasteiger partial charge < -0.3 is 25.7 Å². The van der Waals surface area contributed by atoms with Gasteiger partial charge in [0.25, 0.3) is 0 Å². The Morgan fingerprint density at radius 1 is 1.12 bits per heavy atom. The number of rotatable bonds is 9. The fourth-order valence-corrected chi connectivity index (χ4v) is 3.85. The monoisotopic (exact) mass is 458 g/mol. The maximum absolute atomic E-state index is 11.9. The molecular formula is C26H30N6O2. The zero-order valence-corrected chi connectivity index (χ0v) is 19.6. The number of nitrogens with zero attached hydrogens (tertiary/aromatic N) is 3. The van der Waals surface area contributed by atoms with E-state index in [-0.39, 0.29) is 0 Å². The normalized spacial score (nSPS) is 11.1. The smallest absolute Gasteiger partial charge is 0.407 e. The number of para-hydroxylation sites is 1. The van der Waals surface area contributed by atoms with E-state index in [1.54, 1.807) is 0 Å². The van der Waals surface area contributed by atoms with Gasteiger partial charge in [0.2, 0.25) is 0 Å². The third-order valence-corrected chi connectivity index (χ3v) is 5.54. The molecule has 0 aliphatic rings. The maximum atomic E-state index is 11.9. The molecule has 4 aromatic rings. The lowest BCUT2D eigenvalue weighted by Crippen LogP contribution is -2.28. The van der Waals surface area contributed by atoms with Crippen LogP contribution < -0.4 is 16.4 Å². The van der Waals surface area contributed by atoms with E-state index in [0.29, 0.717) is 38.6 Å². The quantitative estimate of drug-likeness (QED) is 0.259. The number of nitrogen functional groups attached to an aromatic ring is 1. The van der Waals surface area contributed by atoms with Crippen molar-refractivity contribution < 1.29 is 9.53 Å². The fraction of sp³-hybridized carbons (Fsp3) is 0.269. The number of fused-ring (bicyclic) bond motifs is 3. The Balaban J connectivity index is 1.39. The minimum atomic E-state index is -0.431. The Morgan fingerprint density at radius 2 is 1.85 bits per heavy atom. The minimum absolute atomic E-state index is 0.310. The molecule has 0 radical (unpaired) electrons. The number of anilines is 1. The summed E-state index contributed by atoms with van der Waals surface area (Å²) in [5.41, 5.74) is 11.9. The standard InChI is InChI=1S/C26H30N6O2/c1-17(2)14-28-12-13-34-26(33)29-15-19-8-10-20(11-9-19)16-32-18(3)30-23-24(32)21-6-4-5-7-22(21)31-25(23)27/h4-11,28H,1,12-16H2,2-3H3,(H2,27,31)(H,29,33). The van der Waals surface area contributed by atoms with E-state index in [1.807, 2.05) is 50.2 Å². The molecule has 0 unspecified atom stereocenters. The molecule has 2 heterocycles. The van der Waals surface area contributed by atoms with Crippen LogP contribution in [0.4, 0.5) is 10.6 Å². The summed E-state index contributed by atoms with van der Waals surface area (Å²) in [7, 11) is 0. The predicted molar refractivity (Wildman–Crippen MR) is 136 cm³/mol. The van der Waals surface area contributed by atoms with Crippen molar-refractivity contribution in [3.63, 3.8) is 0 Å². The average molecular weight is 459 g/mol. The zero-order chi connectivity index (χ0) is 24.1. The molecule has 0 saturated carbocycles. The summed E-state index contributed by atoms with van der Waals surface area (Å²) < 4.78 is 7.34. The van der Waals surface area contributed by atoms with Crippen molar-refractivity contribution in [1.29, 1.82) is 0 Å². The number of nitrogens with two attached hydrogens (primary N) is 1. The SMILES string of the molecule is C=C(C)CNCCOC(=O)NCc1ccc(Cn2c(C)nc3c(N)nc4ccccc4c32)cc1. The molecule has 1 amide bonds. The van der Waals surface area contributed by atoms with Crippen molar-refractivity contribution in [3.05, 3.63) is 77.6 Å². The van der Waals surface area contributed by atoms with E-state index in [0.717, 1.165) is 44.5 Å². The molecule has 4 rings (SSSR count). The summed E-state index contributed by atoms with van der Waals surface area (Å²) >= 11 is 0. The van der Waals surface area contributed by atoms with Crippen LogP contribution in [0.15, 0.2) is 60.7 Å². The number of pyridine rings is 1. The molecular weight excluding hydrogens is 428 g/mol. The number of hydrogen-bond acceptors (Lipinski definition) is 6. The Bertz CT molecular complexity index is 1330. The van der Waals surface area contributed by atoms with Crippen molar-refractivity contribution in [2.75, 3.05) is 25.4 Å². The van der Waals surface area contributed by atoms with Crippen LogP contribution in [-0.2, 0) is 17.8 Å². The van der Waals surface area contributed by atoms with Crippen LogP contribution in [0.5, 0.6) is 0 Å². The van der Waals surface area contributed by atoms with E-state index in [2.05, 4.69) is 43.9 Å². The number of ether oxygens (including phenoxy) is 1. The van der Waals surface area contributed by atoms with Crippen LogP contribution in [0.1, 0.15) is 23.9 Å². The molecule has 0 fully saturated rings. The molecule has 176 valence electrons. The lowest BCUT2D eigenvalue weighted by Gasteiger charge is -2.11. The number of carbonyl (C=O) groups excluding carboxylic acids is 1. The van der Waals surface area contributed by atoms with Crippen LogP contribution in [0.2, 0.25) is 0 Å². The zero-order valence-electron chi connectivity index (χ0n) is 19.6. The number of amides is 1. The summed E-state index contributed by atoms with van der Waals surface area (Å²) in [6.45, 7) is 10.4. The Kier molecular flexibility index (Phi) is 7.08. The summed E-state index contributed by atoms with van der Waals surface area (Å²) in [5.74, 6) is 1.32. The van der Waals surface area contributed by atoms with Gasteiger partial charge in [0.05, 0.1) is 11.0 Å². The van der Waals surface area contributed by atoms with E-state index < -0.39 is 6.09 Å². The molecule has 34 heavy (non-hydrogen) atoms. The number of aromatic nitrogens is 3. The summed E-state index contributed by atoms with van der Waals surface area (Å²) in [5, 5.41) is 6.95. The Morgan fingerprint density at radius 3 is 2.62 bits per heavy atom. The van der Waals surface area contributed by atoms with E-state index in [9.17, 15) is 4.79 Å². The number of aryl methyl sites for hydroxylation is 1. The van der Waals surface area contributed by atoms with Gasteiger partial charge in [0.15, 0.2) is 5.82 Å². The highest BCUT2D eigenvalue weighted by atomic mass is 16.5. The highest BCUT2D eigenvalue weighted by Crippen LogP contribution is 2.29. The first-order valence-electron chi connectivity index (χ1n) is 11.3. The van der Waals surface area contributed by atoms with Crippen molar-refractivity contribution in [2.45, 2.75) is 26.9 Å². The molecule has 8 heteroatoms. The largest absolute Gasteiger partial charge is 0.448 e. The number of nitrogens with one attached hydrogen (secondary N) is 2. The number of carbonyl (C=O) groups is 1. The second kappa shape index (κ2) is 10.4. The highest BCUT2D eigenvalue weighted by Gasteiger charge is 2.15. The van der Waals surface area contributed by atoms with Crippen LogP contribution in [0.3, 0.4) is 0 Å². The number of imidazole rings is 1. The first-order valence-corrected chi connectivity index (χ1v) is 11.3. The first kappa shape index (κ1) is 23.3. The van der Waals surface area contributed by atoms with Crippen LogP contribution in [-0.4, -0.2) is 40.3 Å². The third-order valence-electron chi connectivity index (χ3n) is 5.54. The van der Waals surface area contributed by atoms with Gasteiger partial charge in [-0.1, -0.05) is 54.6 Å². The van der Waals surface area contributed by atoms with Gasteiger partial charge in [-0.3, -0.25) is 0 Å². The summed E-state index contributed by atoms with van der Waals surface area (Å²) in [6, 6.07) is 16.1. The van der Waals surface area contributed by atoms with Gasteiger partial charge >= 0.3 is 6.09 Å². The molecule has 0 bridgehead atoms. The molecule has 0 atom stereocenters. The first-order chi connectivity index (χ1) is 16.4. The highest BCUT2D eigenvalue weighted by molar-refractivity contribution is 6.06. The summed E-state index contributed by atoms with van der Waals surface area (Å²) in [6.07, 6.45) is -0.431. The molecule has 0 aliphatic carbocycles. The van der Waals surface area contributed by atoms with E-state index >= 15 is 0 Å². The van der Waals surface area contributed by atoms with E-state index in [1.165, 1.54) is 0 Å².